The van der Waals surface area contributed by atoms with Crippen LogP contribution in [0.4, 0.5) is 18.9 Å². The maximum absolute atomic E-state index is 13.3. The fourth-order valence-electron chi connectivity index (χ4n) is 4.05. The molecule has 172 valence electrons. The van der Waals surface area contributed by atoms with E-state index in [0.717, 1.165) is 12.1 Å². The predicted molar refractivity (Wildman–Crippen MR) is 119 cm³/mol. The van der Waals surface area contributed by atoms with Crippen molar-refractivity contribution in [2.75, 3.05) is 11.5 Å². The summed E-state index contributed by atoms with van der Waals surface area (Å²) in [6, 6.07) is 18.1. The van der Waals surface area contributed by atoms with Gasteiger partial charge in [0.2, 0.25) is 5.91 Å². The van der Waals surface area contributed by atoms with Crippen LogP contribution in [0, 0.1) is 5.92 Å². The van der Waals surface area contributed by atoms with Crippen LogP contribution in [-0.2, 0) is 11.0 Å². The van der Waals surface area contributed by atoms with Gasteiger partial charge in [-0.05, 0) is 79.1 Å². The van der Waals surface area contributed by atoms with E-state index in [0.29, 0.717) is 34.2 Å². The number of aliphatic hydroxyl groups excluding tert-OH is 1. The summed E-state index contributed by atoms with van der Waals surface area (Å²) in [6.07, 6.45) is -3.90. The Bertz CT molecular complexity index is 1120. The van der Waals surface area contributed by atoms with Crippen molar-refractivity contribution in [3.05, 3.63) is 88.9 Å². The van der Waals surface area contributed by atoms with E-state index in [4.69, 9.17) is 16.3 Å². The first-order valence-electron chi connectivity index (χ1n) is 10.4. The summed E-state index contributed by atoms with van der Waals surface area (Å²) >= 11 is 5.88. The van der Waals surface area contributed by atoms with Crippen LogP contribution in [0.5, 0.6) is 11.5 Å². The molecule has 1 amide bonds. The van der Waals surface area contributed by atoms with E-state index >= 15 is 0 Å². The van der Waals surface area contributed by atoms with Crippen molar-refractivity contribution >= 4 is 23.2 Å². The first-order valence-corrected chi connectivity index (χ1v) is 10.8. The van der Waals surface area contributed by atoms with Crippen LogP contribution in [0.15, 0.2) is 72.8 Å². The van der Waals surface area contributed by atoms with Crippen LogP contribution >= 0.6 is 11.6 Å². The zero-order valence-corrected chi connectivity index (χ0v) is 18.2. The molecule has 0 aromatic heterocycles. The molecule has 0 unspecified atom stereocenters. The van der Waals surface area contributed by atoms with Gasteiger partial charge in [0.15, 0.2) is 0 Å². The third-order valence-electron chi connectivity index (χ3n) is 5.65. The Balaban J connectivity index is 1.63. The SMILES string of the molecule is O=C1[C@@H](CCO)C[C@H](c2cccc(C(F)(F)F)c2)N1c1ccc(Oc2ccc(Cl)cc2)cc1. The lowest BCUT2D eigenvalue weighted by Crippen LogP contribution is -2.29. The molecule has 0 radical (unpaired) electrons. The Morgan fingerprint density at radius 2 is 1.64 bits per heavy atom. The van der Waals surface area contributed by atoms with Gasteiger partial charge in [-0.25, -0.2) is 0 Å². The first kappa shape index (κ1) is 23.1. The minimum absolute atomic E-state index is 0.173. The zero-order valence-electron chi connectivity index (χ0n) is 17.4. The normalized spacial score (nSPS) is 18.6. The van der Waals surface area contributed by atoms with E-state index in [-0.39, 0.29) is 18.9 Å². The predicted octanol–water partition coefficient (Wildman–Crippen LogP) is 6.63. The van der Waals surface area contributed by atoms with Crippen LogP contribution in [0.2, 0.25) is 5.02 Å². The standard InChI is InChI=1S/C25H21ClF3NO3/c26-19-4-8-21(9-5-19)33-22-10-6-20(7-11-22)30-23(15-17(12-13-31)24(30)32)16-2-1-3-18(14-16)25(27,28)29/h1-11,14,17,23,31H,12-13,15H2/t17-,23+/m0/s1. The van der Waals surface area contributed by atoms with Gasteiger partial charge >= 0.3 is 6.18 Å². The summed E-state index contributed by atoms with van der Waals surface area (Å²) in [4.78, 5) is 14.6. The van der Waals surface area contributed by atoms with E-state index in [2.05, 4.69) is 0 Å². The van der Waals surface area contributed by atoms with E-state index in [9.17, 15) is 23.1 Å². The molecular weight excluding hydrogens is 455 g/mol. The fourth-order valence-corrected chi connectivity index (χ4v) is 4.18. The summed E-state index contributed by atoms with van der Waals surface area (Å²) in [5, 5.41) is 9.94. The average Bonchev–Trinajstić information content (AvgIpc) is 3.12. The topological polar surface area (TPSA) is 49.8 Å². The van der Waals surface area contributed by atoms with E-state index in [1.807, 2.05) is 0 Å². The molecule has 1 heterocycles. The minimum atomic E-state index is -4.48. The maximum Gasteiger partial charge on any atom is 0.416 e. The maximum atomic E-state index is 13.3. The molecule has 1 aliphatic heterocycles. The fraction of sp³-hybridized carbons (Fsp3) is 0.240. The molecule has 2 atom stereocenters. The molecule has 3 aromatic rings. The smallest absolute Gasteiger partial charge is 0.416 e. The molecule has 1 aliphatic rings. The molecule has 1 saturated heterocycles. The molecule has 0 bridgehead atoms. The molecule has 0 spiro atoms. The molecule has 1 fully saturated rings. The number of hydrogen-bond acceptors (Lipinski definition) is 3. The summed E-state index contributed by atoms with van der Waals surface area (Å²) in [6.45, 7) is -0.173. The van der Waals surface area contributed by atoms with E-state index in [1.54, 1.807) is 54.6 Å². The van der Waals surface area contributed by atoms with E-state index < -0.39 is 23.7 Å². The van der Waals surface area contributed by atoms with Crippen molar-refractivity contribution in [1.29, 1.82) is 0 Å². The van der Waals surface area contributed by atoms with Gasteiger partial charge in [0.1, 0.15) is 11.5 Å². The van der Waals surface area contributed by atoms with E-state index in [1.165, 1.54) is 11.0 Å². The third-order valence-corrected chi connectivity index (χ3v) is 5.90. The molecule has 4 rings (SSSR count). The summed E-state index contributed by atoms with van der Waals surface area (Å²) in [5.41, 5.74) is 0.191. The highest BCUT2D eigenvalue weighted by Gasteiger charge is 2.41. The van der Waals surface area contributed by atoms with Gasteiger partial charge in [-0.2, -0.15) is 13.2 Å². The molecule has 0 aliphatic carbocycles. The monoisotopic (exact) mass is 475 g/mol. The third kappa shape index (κ3) is 5.15. The summed E-state index contributed by atoms with van der Waals surface area (Å²) in [5.74, 6) is 0.432. The zero-order chi connectivity index (χ0) is 23.6. The Labute approximate surface area is 194 Å². The highest BCUT2D eigenvalue weighted by atomic mass is 35.5. The lowest BCUT2D eigenvalue weighted by atomic mass is 9.96. The molecule has 33 heavy (non-hydrogen) atoms. The Morgan fingerprint density at radius 1 is 1.00 bits per heavy atom. The average molecular weight is 476 g/mol. The van der Waals surface area contributed by atoms with Gasteiger partial charge < -0.3 is 14.7 Å². The lowest BCUT2D eigenvalue weighted by Gasteiger charge is -2.26. The molecule has 3 aromatic carbocycles. The highest BCUT2D eigenvalue weighted by molar-refractivity contribution is 6.30. The van der Waals surface area contributed by atoms with Crippen LogP contribution in [-0.4, -0.2) is 17.6 Å². The largest absolute Gasteiger partial charge is 0.457 e. The number of hydrogen-bond donors (Lipinski definition) is 1. The van der Waals surface area contributed by atoms with Crippen molar-refractivity contribution in [1.82, 2.24) is 0 Å². The van der Waals surface area contributed by atoms with Crippen molar-refractivity contribution in [2.24, 2.45) is 5.92 Å². The second-order valence-corrected chi connectivity index (χ2v) is 8.28. The quantitative estimate of drug-likeness (QED) is 0.435. The number of aliphatic hydroxyl groups is 1. The number of alkyl halides is 3. The first-order chi connectivity index (χ1) is 15.8. The van der Waals surface area contributed by atoms with Gasteiger partial charge in [0, 0.05) is 23.2 Å². The number of anilines is 1. The van der Waals surface area contributed by atoms with Gasteiger partial charge in [-0.15, -0.1) is 0 Å². The summed E-state index contributed by atoms with van der Waals surface area (Å²) < 4.78 is 45.6. The summed E-state index contributed by atoms with van der Waals surface area (Å²) in [7, 11) is 0. The number of ether oxygens (including phenoxy) is 1. The number of carbonyl (C=O) groups is 1. The van der Waals surface area contributed by atoms with Gasteiger partial charge in [-0.1, -0.05) is 23.7 Å². The lowest BCUT2D eigenvalue weighted by molar-refractivity contribution is -0.137. The number of rotatable bonds is 6. The number of amides is 1. The van der Waals surface area contributed by atoms with Crippen LogP contribution in [0.3, 0.4) is 0 Å². The Morgan fingerprint density at radius 3 is 2.24 bits per heavy atom. The van der Waals surface area contributed by atoms with Gasteiger partial charge in [0.25, 0.3) is 0 Å². The second kappa shape index (κ2) is 9.45. The van der Waals surface area contributed by atoms with Crippen LogP contribution < -0.4 is 9.64 Å². The minimum Gasteiger partial charge on any atom is -0.457 e. The van der Waals surface area contributed by atoms with Crippen molar-refractivity contribution in [3.63, 3.8) is 0 Å². The van der Waals surface area contributed by atoms with Crippen LogP contribution in [0.1, 0.15) is 30.0 Å². The Kier molecular flexibility index (Phi) is 6.63. The van der Waals surface area contributed by atoms with Crippen molar-refractivity contribution in [2.45, 2.75) is 25.1 Å². The van der Waals surface area contributed by atoms with Gasteiger partial charge in [-0.3, -0.25) is 4.79 Å². The van der Waals surface area contributed by atoms with Crippen molar-refractivity contribution < 1.29 is 27.8 Å². The number of halogens is 4. The molecule has 0 saturated carbocycles. The Hall–Kier alpha value is -3.03. The number of nitrogens with zero attached hydrogens (tertiary/aromatic N) is 1. The highest BCUT2D eigenvalue weighted by Crippen LogP contribution is 2.43. The molecule has 8 heteroatoms. The van der Waals surface area contributed by atoms with Gasteiger partial charge in [0.05, 0.1) is 11.6 Å². The molecule has 1 N–H and O–H groups in total. The number of carbonyl (C=O) groups excluding carboxylic acids is 1. The second-order valence-electron chi connectivity index (χ2n) is 7.84. The molecule has 4 nitrogen and oxygen atoms in total. The number of benzene rings is 3. The van der Waals surface area contributed by atoms with Crippen molar-refractivity contribution in [3.8, 4) is 11.5 Å². The van der Waals surface area contributed by atoms with Crippen LogP contribution in [0.25, 0.3) is 0 Å². The molecular formula is C25H21ClF3NO3.